The Hall–Kier alpha value is -4.26. The lowest BCUT2D eigenvalue weighted by molar-refractivity contribution is -0.158. The molecule has 7 heteroatoms. The van der Waals surface area contributed by atoms with Gasteiger partial charge in [0.1, 0.15) is 12.6 Å². The molecule has 2 aliphatic rings. The second kappa shape index (κ2) is 7.70. The van der Waals surface area contributed by atoms with Crippen LogP contribution in [-0.4, -0.2) is 50.5 Å². The minimum atomic E-state index is -0.613. The molecule has 4 aromatic rings. The van der Waals surface area contributed by atoms with Crippen LogP contribution in [0.25, 0.3) is 10.9 Å². The molecular formula is C26H21N5O2. The molecule has 0 unspecified atom stereocenters. The van der Waals surface area contributed by atoms with Crippen LogP contribution in [0.2, 0.25) is 0 Å². The number of nitrogens with one attached hydrogen (secondary N) is 1. The highest BCUT2D eigenvalue weighted by molar-refractivity contribution is 5.98. The van der Waals surface area contributed by atoms with Gasteiger partial charge in [0, 0.05) is 35.4 Å². The summed E-state index contributed by atoms with van der Waals surface area (Å²) in [5.41, 5.74) is 4.87. The molecule has 0 aliphatic carbocycles. The van der Waals surface area contributed by atoms with E-state index in [4.69, 9.17) is 0 Å². The molecule has 6 rings (SSSR count). The maximum atomic E-state index is 13.6. The average molecular weight is 435 g/mol. The van der Waals surface area contributed by atoms with Crippen molar-refractivity contribution in [2.75, 3.05) is 6.54 Å². The number of piperazine rings is 1. The zero-order chi connectivity index (χ0) is 22.4. The molecule has 162 valence electrons. The van der Waals surface area contributed by atoms with Gasteiger partial charge in [0.15, 0.2) is 0 Å². The van der Waals surface area contributed by atoms with Crippen molar-refractivity contribution in [2.45, 2.75) is 18.5 Å². The van der Waals surface area contributed by atoms with Crippen LogP contribution >= 0.6 is 0 Å². The maximum Gasteiger partial charge on any atom is 0.266 e. The molecule has 1 saturated heterocycles. The number of H-pyrrole nitrogens is 1. The van der Waals surface area contributed by atoms with Gasteiger partial charge in [-0.25, -0.2) is 5.01 Å². The third kappa shape index (κ3) is 3.20. The van der Waals surface area contributed by atoms with Crippen LogP contribution in [-0.2, 0) is 16.0 Å². The molecule has 4 heterocycles. The quantitative estimate of drug-likeness (QED) is 0.502. The first-order chi connectivity index (χ1) is 16.2. The topological polar surface area (TPSA) is 81.7 Å². The van der Waals surface area contributed by atoms with E-state index in [9.17, 15) is 9.59 Å². The van der Waals surface area contributed by atoms with Gasteiger partial charge in [0.25, 0.3) is 5.91 Å². The summed E-state index contributed by atoms with van der Waals surface area (Å²) < 4.78 is 0. The highest BCUT2D eigenvalue weighted by Gasteiger charge is 2.48. The zero-order valence-corrected chi connectivity index (χ0v) is 17.8. The Morgan fingerprint density at radius 1 is 0.970 bits per heavy atom. The number of benzene rings is 2. The van der Waals surface area contributed by atoms with E-state index in [1.54, 1.807) is 35.6 Å². The predicted octanol–water partition coefficient (Wildman–Crippen LogP) is 3.28. The van der Waals surface area contributed by atoms with Crippen molar-refractivity contribution >= 4 is 28.9 Å². The van der Waals surface area contributed by atoms with Crippen molar-refractivity contribution in [3.63, 3.8) is 0 Å². The monoisotopic (exact) mass is 435 g/mol. The molecule has 2 atom stereocenters. The number of carbonyl (C=O) groups is 2. The predicted molar refractivity (Wildman–Crippen MR) is 124 cm³/mol. The highest BCUT2D eigenvalue weighted by Crippen LogP contribution is 2.42. The van der Waals surface area contributed by atoms with Gasteiger partial charge in [-0.15, -0.1) is 0 Å². The largest absolute Gasteiger partial charge is 0.356 e. The van der Waals surface area contributed by atoms with Gasteiger partial charge >= 0.3 is 0 Å². The Balaban J connectivity index is 1.44. The van der Waals surface area contributed by atoms with Crippen molar-refractivity contribution in [1.29, 1.82) is 0 Å². The molecule has 2 aromatic heterocycles. The van der Waals surface area contributed by atoms with E-state index >= 15 is 0 Å². The minimum Gasteiger partial charge on any atom is -0.356 e. The number of aromatic nitrogens is 2. The standard InChI is InChI=1S/C26H21N5O2/c32-23-16-30(28-15-17-10-12-27-13-11-17)26(33)22-14-20-19-8-4-5-9-21(19)29-24(20)25(31(22)23)18-6-2-1-3-7-18/h1-13,15,22,25,29H,14,16H2/b28-15-/t22-,25-/m0/s1. The molecule has 0 spiro atoms. The van der Waals surface area contributed by atoms with Crippen molar-refractivity contribution in [2.24, 2.45) is 5.10 Å². The Bertz CT molecular complexity index is 1380. The van der Waals surface area contributed by atoms with E-state index in [0.29, 0.717) is 6.42 Å². The van der Waals surface area contributed by atoms with Gasteiger partial charge in [-0.05, 0) is 34.9 Å². The lowest BCUT2D eigenvalue weighted by Crippen LogP contribution is -2.61. The third-order valence-corrected chi connectivity index (χ3v) is 6.41. The lowest BCUT2D eigenvalue weighted by Gasteiger charge is -2.45. The van der Waals surface area contributed by atoms with Gasteiger partial charge < -0.3 is 9.88 Å². The lowest BCUT2D eigenvalue weighted by atomic mass is 9.86. The maximum absolute atomic E-state index is 13.6. The van der Waals surface area contributed by atoms with Crippen LogP contribution in [0, 0.1) is 0 Å². The molecule has 0 radical (unpaired) electrons. The first-order valence-corrected chi connectivity index (χ1v) is 10.9. The number of hydrazone groups is 1. The number of rotatable bonds is 3. The Morgan fingerprint density at radius 3 is 2.55 bits per heavy atom. The molecular weight excluding hydrogens is 414 g/mol. The van der Waals surface area contributed by atoms with E-state index in [0.717, 1.165) is 33.3 Å². The number of carbonyl (C=O) groups excluding carboxylic acids is 2. The van der Waals surface area contributed by atoms with E-state index in [1.807, 2.05) is 48.5 Å². The molecule has 1 N–H and O–H groups in total. The summed E-state index contributed by atoms with van der Waals surface area (Å²) in [5.74, 6) is -0.290. The SMILES string of the molecule is O=C1[C@@H]2Cc3c([nH]c4ccccc34)[C@H](c3ccccc3)N2C(=O)CN1/N=C\c1ccncc1. The molecule has 2 aliphatic heterocycles. The minimum absolute atomic E-state index is 0.0875. The summed E-state index contributed by atoms with van der Waals surface area (Å²) in [6.07, 6.45) is 5.37. The number of amides is 2. The summed E-state index contributed by atoms with van der Waals surface area (Å²) >= 11 is 0. The van der Waals surface area contributed by atoms with Crippen molar-refractivity contribution in [1.82, 2.24) is 19.9 Å². The van der Waals surface area contributed by atoms with Crippen molar-refractivity contribution < 1.29 is 9.59 Å². The summed E-state index contributed by atoms with van der Waals surface area (Å²) in [4.78, 5) is 36.3. The second-order valence-corrected chi connectivity index (χ2v) is 8.32. The molecule has 0 saturated carbocycles. The Labute approximate surface area is 190 Å². The number of hydrogen-bond donors (Lipinski definition) is 1. The summed E-state index contributed by atoms with van der Waals surface area (Å²) in [5, 5.41) is 6.74. The number of nitrogens with zero attached hydrogens (tertiary/aromatic N) is 4. The van der Waals surface area contributed by atoms with Gasteiger partial charge in [-0.3, -0.25) is 14.6 Å². The Morgan fingerprint density at radius 2 is 1.73 bits per heavy atom. The summed E-state index contributed by atoms with van der Waals surface area (Å²) in [6.45, 7) is -0.0875. The molecule has 2 aromatic carbocycles. The fraction of sp³-hybridized carbons (Fsp3) is 0.154. The highest BCUT2D eigenvalue weighted by atomic mass is 16.2. The average Bonchev–Trinajstić information content (AvgIpc) is 3.23. The van der Waals surface area contributed by atoms with Crippen LogP contribution in [0.4, 0.5) is 0 Å². The summed E-state index contributed by atoms with van der Waals surface area (Å²) in [6, 6.07) is 20.6. The molecule has 0 bridgehead atoms. The zero-order valence-electron chi connectivity index (χ0n) is 17.8. The first-order valence-electron chi connectivity index (χ1n) is 10.9. The first kappa shape index (κ1) is 19.4. The molecule has 33 heavy (non-hydrogen) atoms. The van der Waals surface area contributed by atoms with Crippen molar-refractivity contribution in [3.05, 3.63) is 102 Å². The van der Waals surface area contributed by atoms with Crippen LogP contribution in [0.3, 0.4) is 0 Å². The van der Waals surface area contributed by atoms with E-state index in [2.05, 4.69) is 21.1 Å². The molecule has 2 amide bonds. The number of aromatic amines is 1. The van der Waals surface area contributed by atoms with E-state index in [1.165, 1.54) is 5.01 Å². The van der Waals surface area contributed by atoms with Crippen LogP contribution in [0.5, 0.6) is 0 Å². The van der Waals surface area contributed by atoms with Crippen LogP contribution in [0.15, 0.2) is 84.2 Å². The number of para-hydroxylation sites is 1. The second-order valence-electron chi connectivity index (χ2n) is 8.32. The fourth-order valence-corrected chi connectivity index (χ4v) is 4.91. The number of pyridine rings is 1. The molecule has 1 fully saturated rings. The van der Waals surface area contributed by atoms with Gasteiger partial charge in [-0.2, -0.15) is 5.10 Å². The Kier molecular flexibility index (Phi) is 4.54. The van der Waals surface area contributed by atoms with Gasteiger partial charge in [-0.1, -0.05) is 48.5 Å². The van der Waals surface area contributed by atoms with Gasteiger partial charge in [0.05, 0.1) is 12.3 Å². The third-order valence-electron chi connectivity index (χ3n) is 6.41. The molecule has 7 nitrogen and oxygen atoms in total. The van der Waals surface area contributed by atoms with E-state index < -0.39 is 6.04 Å². The normalized spacial score (nSPS) is 20.4. The smallest absolute Gasteiger partial charge is 0.266 e. The fourth-order valence-electron chi connectivity index (χ4n) is 4.91. The van der Waals surface area contributed by atoms with Crippen LogP contribution in [0.1, 0.15) is 28.4 Å². The van der Waals surface area contributed by atoms with Crippen LogP contribution < -0.4 is 0 Å². The van der Waals surface area contributed by atoms with Gasteiger partial charge in [0.2, 0.25) is 5.91 Å². The number of hydrogen-bond acceptors (Lipinski definition) is 4. The summed E-state index contributed by atoms with van der Waals surface area (Å²) in [7, 11) is 0. The van der Waals surface area contributed by atoms with Crippen molar-refractivity contribution in [3.8, 4) is 0 Å². The number of fused-ring (bicyclic) bond motifs is 4. The van der Waals surface area contributed by atoms with E-state index in [-0.39, 0.29) is 24.4 Å².